The third-order valence-electron chi connectivity index (χ3n) is 5.21. The van der Waals surface area contributed by atoms with Crippen molar-refractivity contribution in [3.63, 3.8) is 0 Å². The summed E-state index contributed by atoms with van der Waals surface area (Å²) in [5, 5.41) is 16.4. The molecule has 160 valence electrons. The molecule has 0 unspecified atom stereocenters. The van der Waals surface area contributed by atoms with Gasteiger partial charge in [-0.1, -0.05) is 0 Å². The van der Waals surface area contributed by atoms with E-state index in [0.717, 1.165) is 17.7 Å². The normalized spacial score (nSPS) is 16.7. The molecule has 0 spiro atoms. The van der Waals surface area contributed by atoms with Crippen LogP contribution < -0.4 is 5.43 Å². The topological polar surface area (TPSA) is 86.4 Å². The lowest BCUT2D eigenvalue weighted by Crippen LogP contribution is -2.39. The van der Waals surface area contributed by atoms with Crippen molar-refractivity contribution in [1.82, 2.24) is 20.1 Å². The predicted octanol–water partition coefficient (Wildman–Crippen LogP) is 2.83. The van der Waals surface area contributed by atoms with E-state index in [2.05, 4.69) is 15.6 Å². The highest BCUT2D eigenvalue weighted by molar-refractivity contribution is 6.20. The van der Waals surface area contributed by atoms with Crippen LogP contribution in [0.1, 0.15) is 18.2 Å². The molecule has 3 heterocycles. The van der Waals surface area contributed by atoms with Gasteiger partial charge in [-0.05, 0) is 37.6 Å². The summed E-state index contributed by atoms with van der Waals surface area (Å²) in [6.07, 6.45) is 5.27. The number of hydrogen-bond donors (Lipinski definition) is 2. The average molecular weight is 428 g/mol. The maximum Gasteiger partial charge on any atom is 0.258 e. The molecule has 0 fully saturated rings. The summed E-state index contributed by atoms with van der Waals surface area (Å²) in [5.41, 5.74) is 5.47. The van der Waals surface area contributed by atoms with E-state index >= 15 is 0 Å². The lowest BCUT2D eigenvalue weighted by Gasteiger charge is -2.28. The zero-order chi connectivity index (χ0) is 22.3. The van der Waals surface area contributed by atoms with Gasteiger partial charge in [0.05, 0.1) is 29.2 Å². The molecule has 1 amide bonds. The van der Waals surface area contributed by atoms with Gasteiger partial charge in [0, 0.05) is 36.6 Å². The Hall–Kier alpha value is -3.69. The zero-order valence-electron chi connectivity index (χ0n) is 16.8. The summed E-state index contributed by atoms with van der Waals surface area (Å²) in [5.74, 6) is -4.40. The highest BCUT2D eigenvalue weighted by atomic mass is 19.2. The van der Waals surface area contributed by atoms with Crippen LogP contribution in [0.3, 0.4) is 0 Å². The first kappa shape index (κ1) is 20.6. The number of hydrazone groups is 1. The molecule has 7 nitrogen and oxygen atoms in total. The van der Waals surface area contributed by atoms with Crippen LogP contribution in [-0.2, 0) is 24.8 Å². The number of carbonyl (C=O) groups is 1. The minimum absolute atomic E-state index is 0.0963. The molecule has 1 aromatic carbocycles. The summed E-state index contributed by atoms with van der Waals surface area (Å²) in [4.78, 5) is 14.7. The molecule has 2 aromatic rings. The van der Waals surface area contributed by atoms with Gasteiger partial charge in [0.15, 0.2) is 17.5 Å². The Labute approximate surface area is 176 Å². The molecule has 2 N–H and O–H groups in total. The molecule has 0 bridgehead atoms. The third kappa shape index (κ3) is 3.65. The number of amides is 1. The van der Waals surface area contributed by atoms with Crippen LogP contribution in [0.25, 0.3) is 11.3 Å². The number of hydrogen-bond acceptors (Lipinski definition) is 5. The molecule has 0 radical (unpaired) electrons. The second-order valence-electron chi connectivity index (χ2n) is 7.29. The molecule has 2 aliphatic rings. The predicted molar refractivity (Wildman–Crippen MR) is 109 cm³/mol. The molecular formula is C21H19F3N6O. The number of nitrogens with zero attached hydrogens (tertiary/aromatic N) is 4. The second-order valence-corrected chi connectivity index (χ2v) is 7.29. The van der Waals surface area contributed by atoms with Crippen LogP contribution in [0.2, 0.25) is 0 Å². The van der Waals surface area contributed by atoms with Gasteiger partial charge in [0.25, 0.3) is 5.91 Å². The molecule has 10 heteroatoms. The van der Waals surface area contributed by atoms with Gasteiger partial charge in [-0.25, -0.2) is 13.2 Å². The smallest absolute Gasteiger partial charge is 0.258 e. The SMILES string of the molecule is CC(=N)/C(C(=O)N1CCc2c(nn(C)c2-c2cc(F)c(F)c(F)c2)C1)=C1/C=CC=NN1. The van der Waals surface area contributed by atoms with Crippen LogP contribution in [0.5, 0.6) is 0 Å². The van der Waals surface area contributed by atoms with Gasteiger partial charge in [-0.2, -0.15) is 10.2 Å². The fourth-order valence-corrected chi connectivity index (χ4v) is 3.85. The average Bonchev–Trinajstić information content (AvgIpc) is 3.07. The van der Waals surface area contributed by atoms with Crippen LogP contribution >= 0.6 is 0 Å². The monoisotopic (exact) mass is 428 g/mol. The van der Waals surface area contributed by atoms with Gasteiger partial charge in [-0.3, -0.25) is 14.9 Å². The van der Waals surface area contributed by atoms with Gasteiger partial charge in [0.2, 0.25) is 0 Å². The molecule has 4 rings (SSSR count). The van der Waals surface area contributed by atoms with Crippen molar-refractivity contribution >= 4 is 17.8 Å². The summed E-state index contributed by atoms with van der Waals surface area (Å²) < 4.78 is 42.4. The molecule has 1 aromatic heterocycles. The largest absolute Gasteiger partial charge is 0.332 e. The Kier molecular flexibility index (Phi) is 5.22. The van der Waals surface area contributed by atoms with Crippen molar-refractivity contribution in [3.8, 4) is 11.3 Å². The van der Waals surface area contributed by atoms with E-state index in [-0.39, 0.29) is 29.3 Å². The Morgan fingerprint density at radius 1 is 1.23 bits per heavy atom. The highest BCUT2D eigenvalue weighted by Crippen LogP contribution is 2.32. The van der Waals surface area contributed by atoms with Gasteiger partial charge < -0.3 is 10.3 Å². The van der Waals surface area contributed by atoms with E-state index in [4.69, 9.17) is 5.41 Å². The van der Waals surface area contributed by atoms with Crippen LogP contribution in [0.15, 0.2) is 40.7 Å². The van der Waals surface area contributed by atoms with Crippen molar-refractivity contribution in [2.24, 2.45) is 12.1 Å². The van der Waals surface area contributed by atoms with Crippen molar-refractivity contribution in [2.45, 2.75) is 19.9 Å². The number of aryl methyl sites for hydroxylation is 1. The summed E-state index contributed by atoms with van der Waals surface area (Å²) in [6, 6.07) is 1.88. The molecule has 0 atom stereocenters. The molecule has 0 aliphatic carbocycles. The lowest BCUT2D eigenvalue weighted by molar-refractivity contribution is -0.127. The molecule has 31 heavy (non-hydrogen) atoms. The lowest BCUT2D eigenvalue weighted by atomic mass is 9.98. The molecule has 0 saturated carbocycles. The number of rotatable bonds is 3. The van der Waals surface area contributed by atoms with E-state index in [0.29, 0.717) is 30.1 Å². The Balaban J connectivity index is 1.67. The van der Waals surface area contributed by atoms with Crippen molar-refractivity contribution in [2.75, 3.05) is 6.54 Å². The first-order valence-corrected chi connectivity index (χ1v) is 9.52. The fraction of sp³-hybridized carbons (Fsp3) is 0.238. The van der Waals surface area contributed by atoms with Crippen LogP contribution in [0, 0.1) is 22.9 Å². The Morgan fingerprint density at radius 2 is 1.94 bits per heavy atom. The van der Waals surface area contributed by atoms with Crippen LogP contribution in [-0.4, -0.2) is 39.1 Å². The standard InChI is InChI=1S/C21H19F3N6O/c1-11(25)18(16-4-3-6-26-27-16)21(31)30-7-5-13-17(10-30)28-29(2)20(13)12-8-14(22)19(24)15(23)9-12/h3-4,6,8-9,25,27H,5,7,10H2,1-2H3/b18-16+,25-11?. The minimum atomic E-state index is -1.52. The first-order valence-electron chi connectivity index (χ1n) is 9.52. The maximum absolute atomic E-state index is 13.8. The van der Waals surface area contributed by atoms with Crippen LogP contribution in [0.4, 0.5) is 13.2 Å². The Morgan fingerprint density at radius 3 is 2.55 bits per heavy atom. The van der Waals surface area contributed by atoms with Crippen molar-refractivity contribution < 1.29 is 18.0 Å². The molecule has 0 saturated heterocycles. The van der Waals surface area contributed by atoms with Crippen molar-refractivity contribution in [3.05, 3.63) is 64.3 Å². The van der Waals surface area contributed by atoms with E-state index in [9.17, 15) is 18.0 Å². The number of fused-ring (bicyclic) bond motifs is 1. The van der Waals surface area contributed by atoms with Gasteiger partial charge in [-0.15, -0.1) is 0 Å². The Bertz CT molecular complexity index is 1170. The van der Waals surface area contributed by atoms with E-state index in [1.165, 1.54) is 17.8 Å². The summed E-state index contributed by atoms with van der Waals surface area (Å²) >= 11 is 0. The number of carbonyl (C=O) groups excluding carboxylic acids is 1. The second kappa shape index (κ2) is 7.86. The first-order chi connectivity index (χ1) is 14.8. The van der Waals surface area contributed by atoms with E-state index in [1.54, 1.807) is 24.1 Å². The maximum atomic E-state index is 13.8. The number of aromatic nitrogens is 2. The fourth-order valence-electron chi connectivity index (χ4n) is 3.85. The number of halogens is 3. The van der Waals surface area contributed by atoms with E-state index < -0.39 is 17.5 Å². The number of allylic oxidation sites excluding steroid dienone is 2. The summed E-state index contributed by atoms with van der Waals surface area (Å²) in [6.45, 7) is 2.03. The molecule has 2 aliphatic heterocycles. The van der Waals surface area contributed by atoms with Gasteiger partial charge >= 0.3 is 0 Å². The third-order valence-corrected chi connectivity index (χ3v) is 5.21. The number of benzene rings is 1. The van der Waals surface area contributed by atoms with Crippen molar-refractivity contribution in [1.29, 1.82) is 5.41 Å². The van der Waals surface area contributed by atoms with E-state index in [1.807, 2.05) is 0 Å². The molecular weight excluding hydrogens is 409 g/mol. The van der Waals surface area contributed by atoms with Gasteiger partial charge in [0.1, 0.15) is 0 Å². The summed E-state index contributed by atoms with van der Waals surface area (Å²) in [7, 11) is 1.63. The number of nitrogens with one attached hydrogen (secondary N) is 2. The quantitative estimate of drug-likeness (QED) is 0.448. The minimum Gasteiger partial charge on any atom is -0.332 e. The zero-order valence-corrected chi connectivity index (χ0v) is 16.8. The highest BCUT2D eigenvalue weighted by Gasteiger charge is 2.30.